The summed E-state index contributed by atoms with van der Waals surface area (Å²) in [6.07, 6.45) is 3.33. The van der Waals surface area contributed by atoms with Crippen LogP contribution in [0.1, 0.15) is 18.9 Å². The Balaban J connectivity index is 2.27. The lowest BCUT2D eigenvalue weighted by molar-refractivity contribution is 0.787. The molecule has 1 aliphatic heterocycles. The zero-order valence-electron chi connectivity index (χ0n) is 8.90. The summed E-state index contributed by atoms with van der Waals surface area (Å²) in [5.74, 6) is 0. The van der Waals surface area contributed by atoms with Gasteiger partial charge in [0.05, 0.1) is 11.3 Å². The molecule has 1 aromatic carbocycles. The van der Waals surface area contributed by atoms with Gasteiger partial charge < -0.3 is 4.90 Å². The molecule has 1 aromatic rings. The van der Waals surface area contributed by atoms with E-state index >= 15 is 0 Å². The fraction of sp³-hybridized carbons (Fsp3) is 0.308. The van der Waals surface area contributed by atoms with Crippen LogP contribution in [-0.2, 0) is 0 Å². The number of benzene rings is 1. The predicted molar refractivity (Wildman–Crippen MR) is 61.7 cm³/mol. The second kappa shape index (κ2) is 4.18. The Morgan fingerprint density at radius 1 is 1.33 bits per heavy atom. The van der Waals surface area contributed by atoms with Crippen LogP contribution < -0.4 is 4.90 Å². The van der Waals surface area contributed by atoms with Crippen molar-refractivity contribution in [3.05, 3.63) is 41.5 Å². The molecule has 0 aliphatic carbocycles. The van der Waals surface area contributed by atoms with E-state index in [0.29, 0.717) is 0 Å². The lowest BCUT2D eigenvalue weighted by atomic mass is 10.1. The van der Waals surface area contributed by atoms with Crippen LogP contribution in [0.4, 0.5) is 5.69 Å². The van der Waals surface area contributed by atoms with Crippen LogP contribution in [0, 0.1) is 11.3 Å². The van der Waals surface area contributed by atoms with E-state index in [0.717, 1.165) is 30.8 Å². The van der Waals surface area contributed by atoms with Crippen molar-refractivity contribution in [3.63, 3.8) is 0 Å². The minimum Gasteiger partial charge on any atom is -0.366 e. The Morgan fingerprint density at radius 2 is 2.13 bits per heavy atom. The van der Waals surface area contributed by atoms with Gasteiger partial charge in [-0.25, -0.2) is 0 Å². The maximum atomic E-state index is 9.01. The normalized spacial score (nSPS) is 15.7. The van der Waals surface area contributed by atoms with E-state index in [-0.39, 0.29) is 0 Å². The van der Waals surface area contributed by atoms with Gasteiger partial charge in [-0.1, -0.05) is 23.8 Å². The van der Waals surface area contributed by atoms with Gasteiger partial charge in [0.2, 0.25) is 0 Å². The van der Waals surface area contributed by atoms with E-state index in [1.165, 1.54) is 5.57 Å². The minimum atomic E-state index is 0.769. The number of hydrogen-bond acceptors (Lipinski definition) is 2. The standard InChI is InChI=1S/C13H14N2/c1-11-6-8-15(9-7-11)13-5-3-2-4-12(13)10-14/h2-6H,7-9H2,1H3. The van der Waals surface area contributed by atoms with Crippen molar-refractivity contribution in [2.24, 2.45) is 0 Å². The molecule has 15 heavy (non-hydrogen) atoms. The molecule has 0 bridgehead atoms. The predicted octanol–water partition coefficient (Wildman–Crippen LogP) is 2.71. The quantitative estimate of drug-likeness (QED) is 0.649. The van der Waals surface area contributed by atoms with Gasteiger partial charge in [0, 0.05) is 13.1 Å². The summed E-state index contributed by atoms with van der Waals surface area (Å²) in [7, 11) is 0. The minimum absolute atomic E-state index is 0.769. The highest BCUT2D eigenvalue weighted by Crippen LogP contribution is 2.22. The molecule has 2 heteroatoms. The van der Waals surface area contributed by atoms with Crippen LogP contribution in [0.3, 0.4) is 0 Å². The van der Waals surface area contributed by atoms with Crippen LogP contribution >= 0.6 is 0 Å². The third kappa shape index (κ3) is 2.02. The fourth-order valence-corrected chi connectivity index (χ4v) is 1.83. The molecule has 0 aromatic heterocycles. The van der Waals surface area contributed by atoms with Gasteiger partial charge in [-0.15, -0.1) is 0 Å². The summed E-state index contributed by atoms with van der Waals surface area (Å²) in [6.45, 7) is 4.10. The number of para-hydroxylation sites is 1. The summed E-state index contributed by atoms with van der Waals surface area (Å²) >= 11 is 0. The molecule has 0 N–H and O–H groups in total. The first kappa shape index (κ1) is 9.79. The van der Waals surface area contributed by atoms with Gasteiger partial charge in [0.25, 0.3) is 0 Å². The lowest BCUT2D eigenvalue weighted by Gasteiger charge is -2.28. The molecule has 76 valence electrons. The average molecular weight is 198 g/mol. The van der Waals surface area contributed by atoms with Crippen molar-refractivity contribution in [1.82, 2.24) is 0 Å². The van der Waals surface area contributed by atoms with Crippen molar-refractivity contribution >= 4 is 5.69 Å². The zero-order valence-corrected chi connectivity index (χ0v) is 8.90. The first-order valence-corrected chi connectivity index (χ1v) is 5.21. The molecule has 0 saturated heterocycles. The van der Waals surface area contributed by atoms with Crippen LogP contribution in [0.5, 0.6) is 0 Å². The number of hydrogen-bond donors (Lipinski definition) is 0. The third-order valence-corrected chi connectivity index (χ3v) is 2.80. The highest BCUT2D eigenvalue weighted by molar-refractivity contribution is 5.60. The molecule has 1 heterocycles. The summed E-state index contributed by atoms with van der Waals surface area (Å²) in [5.41, 5.74) is 3.27. The molecule has 0 radical (unpaired) electrons. The zero-order chi connectivity index (χ0) is 10.7. The average Bonchev–Trinajstić information content (AvgIpc) is 2.30. The van der Waals surface area contributed by atoms with Crippen LogP contribution in [0.25, 0.3) is 0 Å². The maximum Gasteiger partial charge on any atom is 0.101 e. The number of nitrogens with zero attached hydrogens (tertiary/aromatic N) is 2. The molecule has 0 saturated carbocycles. The van der Waals surface area contributed by atoms with Crippen molar-refractivity contribution < 1.29 is 0 Å². The van der Waals surface area contributed by atoms with E-state index in [4.69, 9.17) is 5.26 Å². The molecular weight excluding hydrogens is 184 g/mol. The van der Waals surface area contributed by atoms with Gasteiger partial charge in [-0.2, -0.15) is 5.26 Å². The first-order valence-electron chi connectivity index (χ1n) is 5.21. The van der Waals surface area contributed by atoms with Crippen molar-refractivity contribution in [2.45, 2.75) is 13.3 Å². The summed E-state index contributed by atoms with van der Waals surface area (Å²) in [5, 5.41) is 9.01. The number of anilines is 1. The Labute approximate surface area is 90.4 Å². The first-order chi connectivity index (χ1) is 7.31. The second-order valence-electron chi connectivity index (χ2n) is 3.88. The summed E-state index contributed by atoms with van der Waals surface area (Å²) in [6, 6.07) is 10.0. The van der Waals surface area contributed by atoms with Crippen molar-refractivity contribution in [1.29, 1.82) is 5.26 Å². The molecule has 0 atom stereocenters. The van der Waals surface area contributed by atoms with Crippen LogP contribution in [0.15, 0.2) is 35.9 Å². The molecule has 2 nitrogen and oxygen atoms in total. The number of nitriles is 1. The number of rotatable bonds is 1. The molecule has 0 fully saturated rings. The van der Waals surface area contributed by atoms with Gasteiger partial charge >= 0.3 is 0 Å². The van der Waals surface area contributed by atoms with E-state index in [1.54, 1.807) is 0 Å². The van der Waals surface area contributed by atoms with Crippen LogP contribution in [0.2, 0.25) is 0 Å². The monoisotopic (exact) mass is 198 g/mol. The van der Waals surface area contributed by atoms with Gasteiger partial charge in [0.15, 0.2) is 0 Å². The lowest BCUT2D eigenvalue weighted by Crippen LogP contribution is -2.28. The highest BCUT2D eigenvalue weighted by atomic mass is 15.1. The Bertz CT molecular complexity index is 426. The molecular formula is C13H14N2. The Kier molecular flexibility index (Phi) is 2.73. The highest BCUT2D eigenvalue weighted by Gasteiger charge is 2.12. The summed E-state index contributed by atoms with van der Waals surface area (Å²) < 4.78 is 0. The molecule has 0 unspecified atom stereocenters. The smallest absolute Gasteiger partial charge is 0.101 e. The van der Waals surface area contributed by atoms with Gasteiger partial charge in [-0.05, 0) is 25.5 Å². The van der Waals surface area contributed by atoms with Crippen molar-refractivity contribution in [2.75, 3.05) is 18.0 Å². The maximum absolute atomic E-state index is 9.01. The SMILES string of the molecule is CC1=CCN(c2ccccc2C#N)CC1. The van der Waals surface area contributed by atoms with Crippen LogP contribution in [-0.4, -0.2) is 13.1 Å². The molecule has 1 aliphatic rings. The third-order valence-electron chi connectivity index (χ3n) is 2.80. The van der Waals surface area contributed by atoms with E-state index in [1.807, 2.05) is 24.3 Å². The van der Waals surface area contributed by atoms with E-state index < -0.39 is 0 Å². The second-order valence-corrected chi connectivity index (χ2v) is 3.88. The van der Waals surface area contributed by atoms with Gasteiger partial charge in [0.1, 0.15) is 6.07 Å². The molecule has 0 spiro atoms. The molecule has 0 amide bonds. The van der Waals surface area contributed by atoms with E-state index in [2.05, 4.69) is 24.0 Å². The van der Waals surface area contributed by atoms with E-state index in [9.17, 15) is 0 Å². The largest absolute Gasteiger partial charge is 0.366 e. The Hall–Kier alpha value is -1.75. The Morgan fingerprint density at radius 3 is 2.80 bits per heavy atom. The summed E-state index contributed by atoms with van der Waals surface area (Å²) in [4.78, 5) is 2.26. The molecule has 2 rings (SSSR count). The van der Waals surface area contributed by atoms with Gasteiger partial charge in [-0.3, -0.25) is 0 Å². The fourth-order valence-electron chi connectivity index (χ4n) is 1.83. The topological polar surface area (TPSA) is 27.0 Å². The van der Waals surface area contributed by atoms with Crippen molar-refractivity contribution in [3.8, 4) is 6.07 Å².